The Kier molecular flexibility index (Phi) is 5.87. The first-order chi connectivity index (χ1) is 15.3. The number of amides is 1. The van der Waals surface area contributed by atoms with E-state index < -0.39 is 5.91 Å². The van der Waals surface area contributed by atoms with Crippen LogP contribution in [-0.2, 0) is 13.1 Å². The molecule has 3 N–H and O–H groups in total. The molecule has 0 fully saturated rings. The third-order valence-electron chi connectivity index (χ3n) is 5.18. The molecule has 32 heavy (non-hydrogen) atoms. The number of fused-ring (bicyclic) bond motifs is 1. The number of carbonyl (C=O) groups is 1. The molecular formula is C24H25FN6O. The Morgan fingerprint density at radius 1 is 1.19 bits per heavy atom. The molecular weight excluding hydrogens is 407 g/mol. The quantitative estimate of drug-likeness (QED) is 0.465. The third-order valence-corrected chi connectivity index (χ3v) is 5.18. The number of benzene rings is 2. The lowest BCUT2D eigenvalue weighted by Crippen LogP contribution is -2.16. The summed E-state index contributed by atoms with van der Waals surface area (Å²) in [5, 5.41) is 4.09. The van der Waals surface area contributed by atoms with Crippen LogP contribution in [0.4, 0.5) is 10.2 Å². The first kappa shape index (κ1) is 21.5. The minimum Gasteiger partial charge on any atom is -0.366 e. The molecule has 1 amide bonds. The van der Waals surface area contributed by atoms with E-state index in [2.05, 4.69) is 10.3 Å². The van der Waals surface area contributed by atoms with Gasteiger partial charge in [-0.25, -0.2) is 9.37 Å². The van der Waals surface area contributed by atoms with Gasteiger partial charge in [-0.1, -0.05) is 18.2 Å². The molecule has 0 aliphatic carbocycles. The van der Waals surface area contributed by atoms with E-state index in [1.807, 2.05) is 48.7 Å². The smallest absolute Gasteiger partial charge is 0.249 e. The van der Waals surface area contributed by atoms with Crippen LogP contribution in [0.2, 0.25) is 0 Å². The Bertz CT molecular complexity index is 1300. The molecule has 8 heteroatoms. The maximum absolute atomic E-state index is 13.6. The normalized spacial score (nSPS) is 11.3. The van der Waals surface area contributed by atoms with Gasteiger partial charge in [0.1, 0.15) is 11.6 Å². The maximum Gasteiger partial charge on any atom is 0.249 e. The van der Waals surface area contributed by atoms with Crippen LogP contribution in [0.25, 0.3) is 16.9 Å². The third kappa shape index (κ3) is 4.31. The van der Waals surface area contributed by atoms with Crippen LogP contribution < -0.4 is 11.1 Å². The van der Waals surface area contributed by atoms with Crippen LogP contribution in [0.1, 0.15) is 27.2 Å². The molecule has 4 rings (SSSR count). The Morgan fingerprint density at radius 2 is 1.97 bits per heavy atom. The fourth-order valence-electron chi connectivity index (χ4n) is 3.79. The molecule has 0 bridgehead atoms. The number of anilines is 1. The van der Waals surface area contributed by atoms with E-state index in [9.17, 15) is 9.18 Å². The SMILES string of the molecule is Cc1cc2c(C(N)=O)cccc2n1-c1ncc(CN(C)C)c(NCc2cccc(F)c2)n1. The van der Waals surface area contributed by atoms with Crippen molar-refractivity contribution in [2.75, 3.05) is 19.4 Å². The average Bonchev–Trinajstić information content (AvgIpc) is 3.08. The summed E-state index contributed by atoms with van der Waals surface area (Å²) in [5.74, 6) is 0.386. The van der Waals surface area contributed by atoms with Crippen LogP contribution in [0.5, 0.6) is 0 Å². The predicted molar refractivity (Wildman–Crippen MR) is 123 cm³/mol. The first-order valence-corrected chi connectivity index (χ1v) is 10.2. The maximum atomic E-state index is 13.6. The van der Waals surface area contributed by atoms with Crippen molar-refractivity contribution in [2.45, 2.75) is 20.0 Å². The second-order valence-electron chi connectivity index (χ2n) is 7.99. The number of hydrogen-bond acceptors (Lipinski definition) is 5. The van der Waals surface area contributed by atoms with Gasteiger partial charge in [-0.3, -0.25) is 9.36 Å². The van der Waals surface area contributed by atoms with Crippen LogP contribution in [0.3, 0.4) is 0 Å². The minimum absolute atomic E-state index is 0.277. The molecule has 0 aliphatic rings. The van der Waals surface area contributed by atoms with Gasteiger partial charge in [0.25, 0.3) is 0 Å². The van der Waals surface area contributed by atoms with Gasteiger partial charge < -0.3 is 16.0 Å². The summed E-state index contributed by atoms with van der Waals surface area (Å²) in [6.45, 7) is 3.00. The highest BCUT2D eigenvalue weighted by atomic mass is 19.1. The van der Waals surface area contributed by atoms with E-state index in [0.29, 0.717) is 30.4 Å². The zero-order valence-electron chi connectivity index (χ0n) is 18.3. The summed E-state index contributed by atoms with van der Waals surface area (Å²) in [7, 11) is 3.94. The summed E-state index contributed by atoms with van der Waals surface area (Å²) in [6, 6.07) is 13.8. The Hall–Kier alpha value is -3.78. The van der Waals surface area contributed by atoms with Crippen molar-refractivity contribution in [3.8, 4) is 5.95 Å². The Morgan fingerprint density at radius 3 is 2.69 bits per heavy atom. The molecule has 0 saturated carbocycles. The zero-order chi connectivity index (χ0) is 22.8. The minimum atomic E-state index is -0.479. The zero-order valence-corrected chi connectivity index (χ0v) is 18.3. The molecule has 0 atom stereocenters. The highest BCUT2D eigenvalue weighted by molar-refractivity contribution is 6.06. The number of nitrogens with two attached hydrogens (primary N) is 1. The number of halogens is 1. The first-order valence-electron chi connectivity index (χ1n) is 10.2. The molecule has 0 radical (unpaired) electrons. The highest BCUT2D eigenvalue weighted by Gasteiger charge is 2.16. The molecule has 0 saturated heterocycles. The standard InChI is InChI=1S/C24H25FN6O/c1-15-10-20-19(22(26)32)8-5-9-21(20)31(15)24-28-13-17(14-30(2)3)23(29-24)27-12-16-6-4-7-18(25)11-16/h4-11,13H,12,14H2,1-3H3,(H2,26,32)(H,27,28,29). The van der Waals surface area contributed by atoms with E-state index in [-0.39, 0.29) is 5.82 Å². The van der Waals surface area contributed by atoms with E-state index >= 15 is 0 Å². The van der Waals surface area contributed by atoms with Crippen molar-refractivity contribution in [1.82, 2.24) is 19.4 Å². The van der Waals surface area contributed by atoms with Gasteiger partial charge in [-0.05, 0) is 56.9 Å². The van der Waals surface area contributed by atoms with Crippen LogP contribution >= 0.6 is 0 Å². The van der Waals surface area contributed by atoms with Crippen molar-refractivity contribution in [2.24, 2.45) is 5.73 Å². The van der Waals surface area contributed by atoms with E-state index in [1.54, 1.807) is 24.4 Å². The van der Waals surface area contributed by atoms with Crippen molar-refractivity contribution in [1.29, 1.82) is 0 Å². The molecule has 2 heterocycles. The largest absolute Gasteiger partial charge is 0.366 e. The molecule has 2 aromatic carbocycles. The number of aromatic nitrogens is 3. The van der Waals surface area contributed by atoms with Gasteiger partial charge in [0.05, 0.1) is 5.52 Å². The molecule has 0 unspecified atom stereocenters. The number of carbonyl (C=O) groups excluding carboxylic acids is 1. The summed E-state index contributed by atoms with van der Waals surface area (Å²) < 4.78 is 15.5. The fourth-order valence-corrected chi connectivity index (χ4v) is 3.79. The Balaban J connectivity index is 1.77. The summed E-state index contributed by atoms with van der Waals surface area (Å²) in [4.78, 5) is 23.3. The van der Waals surface area contributed by atoms with E-state index in [4.69, 9.17) is 10.7 Å². The molecule has 2 aromatic heterocycles. The van der Waals surface area contributed by atoms with E-state index in [0.717, 1.165) is 27.7 Å². The van der Waals surface area contributed by atoms with Crippen LogP contribution in [0.15, 0.2) is 54.7 Å². The van der Waals surface area contributed by atoms with Crippen molar-refractivity contribution in [3.63, 3.8) is 0 Å². The molecule has 0 aliphatic heterocycles. The summed E-state index contributed by atoms with van der Waals surface area (Å²) in [6.07, 6.45) is 1.79. The molecule has 164 valence electrons. The van der Waals surface area contributed by atoms with Crippen LogP contribution in [-0.4, -0.2) is 39.4 Å². The predicted octanol–water partition coefficient (Wildman–Crippen LogP) is 3.64. The highest BCUT2D eigenvalue weighted by Crippen LogP contribution is 2.26. The average molecular weight is 433 g/mol. The van der Waals surface area contributed by atoms with Crippen LogP contribution in [0, 0.1) is 12.7 Å². The van der Waals surface area contributed by atoms with E-state index in [1.165, 1.54) is 12.1 Å². The summed E-state index contributed by atoms with van der Waals surface area (Å²) in [5.41, 5.74) is 9.42. The lowest BCUT2D eigenvalue weighted by molar-refractivity contribution is 0.100. The van der Waals surface area contributed by atoms with Gasteiger partial charge in [0.2, 0.25) is 11.9 Å². The summed E-state index contributed by atoms with van der Waals surface area (Å²) >= 11 is 0. The Labute approximate surface area is 185 Å². The fraction of sp³-hybridized carbons (Fsp3) is 0.208. The topological polar surface area (TPSA) is 89.1 Å². The number of nitrogens with one attached hydrogen (secondary N) is 1. The number of rotatable bonds is 7. The lowest BCUT2D eigenvalue weighted by atomic mass is 10.1. The molecule has 0 spiro atoms. The second kappa shape index (κ2) is 8.76. The number of primary amides is 1. The van der Waals surface area contributed by atoms with Gasteiger partial charge in [0, 0.05) is 41.5 Å². The number of hydrogen-bond donors (Lipinski definition) is 2. The van der Waals surface area contributed by atoms with Gasteiger partial charge in [-0.2, -0.15) is 4.98 Å². The molecule has 4 aromatic rings. The van der Waals surface area contributed by atoms with Crippen molar-refractivity contribution < 1.29 is 9.18 Å². The van der Waals surface area contributed by atoms with Gasteiger partial charge >= 0.3 is 0 Å². The number of nitrogens with zero attached hydrogens (tertiary/aromatic N) is 4. The lowest BCUT2D eigenvalue weighted by Gasteiger charge is -2.16. The second-order valence-corrected chi connectivity index (χ2v) is 7.99. The van der Waals surface area contributed by atoms with Crippen molar-refractivity contribution >= 4 is 22.6 Å². The monoisotopic (exact) mass is 432 g/mol. The number of aryl methyl sites for hydroxylation is 1. The molecule has 7 nitrogen and oxygen atoms in total. The van der Waals surface area contributed by atoms with Gasteiger partial charge in [0.15, 0.2) is 0 Å². The van der Waals surface area contributed by atoms with Crippen molar-refractivity contribution in [3.05, 3.63) is 82.9 Å². The van der Waals surface area contributed by atoms with Gasteiger partial charge in [-0.15, -0.1) is 0 Å².